The molecule has 23 heavy (non-hydrogen) atoms. The molecule has 0 N–H and O–H groups in total. The maximum absolute atomic E-state index is 13.0. The predicted octanol–water partition coefficient (Wildman–Crippen LogP) is 3.96. The van der Waals surface area contributed by atoms with E-state index in [1.165, 1.54) is 11.8 Å². The van der Waals surface area contributed by atoms with Crippen LogP contribution in [0.3, 0.4) is 0 Å². The molecule has 7 heteroatoms. The second-order valence-electron chi connectivity index (χ2n) is 4.47. The van der Waals surface area contributed by atoms with E-state index in [0.717, 1.165) is 6.42 Å². The highest BCUT2D eigenvalue weighted by molar-refractivity contribution is 7.99. The van der Waals surface area contributed by atoms with E-state index in [2.05, 4.69) is 16.8 Å². The highest BCUT2D eigenvalue weighted by Crippen LogP contribution is 2.36. The summed E-state index contributed by atoms with van der Waals surface area (Å²) >= 11 is 1.42. The van der Waals surface area contributed by atoms with E-state index >= 15 is 0 Å². The smallest absolute Gasteiger partial charge is 0.212 e. The van der Waals surface area contributed by atoms with Gasteiger partial charge in [-0.05, 0) is 37.6 Å². The van der Waals surface area contributed by atoms with Crippen molar-refractivity contribution in [3.8, 4) is 0 Å². The first-order valence-corrected chi connectivity index (χ1v) is 9.40. The lowest BCUT2D eigenvalue weighted by Gasteiger charge is -2.08. The fraction of sp³-hybridized carbons (Fsp3) is 0.250. The molecule has 1 unspecified atom stereocenters. The lowest BCUT2D eigenvalue weighted by atomic mass is 10.4. The molecule has 0 aliphatic heterocycles. The molecule has 0 amide bonds. The third-order valence-corrected chi connectivity index (χ3v) is 5.32. The van der Waals surface area contributed by atoms with E-state index in [1.54, 1.807) is 11.8 Å². The molecule has 0 aliphatic carbocycles. The number of benzene rings is 1. The standard InChI is InChI=1S/C16H19N3O2S2/c1-5-9-13(21-3)19-15(17-2)14(16(18-19)22-4)23(20)12-10-7-6-8-11-12/h6-11H,2,5H2,1,3-4H3/b13-9+. The van der Waals surface area contributed by atoms with Gasteiger partial charge in [0, 0.05) is 4.90 Å². The van der Waals surface area contributed by atoms with E-state index in [0.29, 0.717) is 26.5 Å². The predicted molar refractivity (Wildman–Crippen MR) is 95.9 cm³/mol. The van der Waals surface area contributed by atoms with Gasteiger partial charge in [-0.1, -0.05) is 25.1 Å². The molecular weight excluding hydrogens is 330 g/mol. The first-order valence-electron chi connectivity index (χ1n) is 7.03. The molecule has 5 nitrogen and oxygen atoms in total. The lowest BCUT2D eigenvalue weighted by Crippen LogP contribution is -2.01. The molecular formula is C16H19N3O2S2. The number of nitrogens with zero attached hydrogens (tertiary/aromatic N) is 3. The average molecular weight is 349 g/mol. The van der Waals surface area contributed by atoms with E-state index < -0.39 is 10.8 Å². The SMILES string of the molecule is C=Nc1c(S(=O)c2ccccc2)c(SC)nn1/C(=C\CC)OC. The van der Waals surface area contributed by atoms with Crippen molar-refractivity contribution in [3.63, 3.8) is 0 Å². The van der Waals surface area contributed by atoms with E-state index in [4.69, 9.17) is 4.74 Å². The molecule has 1 heterocycles. The van der Waals surface area contributed by atoms with Crippen LogP contribution in [-0.4, -0.2) is 34.1 Å². The third kappa shape index (κ3) is 3.56. The minimum absolute atomic E-state index is 0.443. The maximum atomic E-state index is 13.0. The summed E-state index contributed by atoms with van der Waals surface area (Å²) in [5, 5.41) is 5.14. The minimum Gasteiger partial charge on any atom is -0.481 e. The van der Waals surface area contributed by atoms with Crippen LogP contribution < -0.4 is 0 Å². The van der Waals surface area contributed by atoms with Gasteiger partial charge < -0.3 is 4.74 Å². The van der Waals surface area contributed by atoms with E-state index in [1.807, 2.05) is 49.6 Å². The van der Waals surface area contributed by atoms with Crippen molar-refractivity contribution >= 4 is 41.0 Å². The largest absolute Gasteiger partial charge is 0.481 e. The number of allylic oxidation sites excluding steroid dienone is 1. The normalized spacial score (nSPS) is 12.9. The van der Waals surface area contributed by atoms with Gasteiger partial charge in [-0.25, -0.2) is 9.20 Å². The van der Waals surface area contributed by atoms with Gasteiger partial charge in [-0.2, -0.15) is 9.78 Å². The van der Waals surface area contributed by atoms with Crippen LogP contribution in [0.4, 0.5) is 5.82 Å². The zero-order chi connectivity index (χ0) is 16.8. The van der Waals surface area contributed by atoms with E-state index in [-0.39, 0.29) is 0 Å². The van der Waals surface area contributed by atoms with Crippen LogP contribution in [0.5, 0.6) is 0 Å². The van der Waals surface area contributed by atoms with Crippen molar-refractivity contribution in [3.05, 3.63) is 36.4 Å². The van der Waals surface area contributed by atoms with Crippen LogP contribution in [-0.2, 0) is 15.5 Å². The molecule has 2 rings (SSSR count). The summed E-state index contributed by atoms with van der Waals surface area (Å²) in [5.41, 5.74) is 0. The minimum atomic E-state index is -1.39. The molecule has 1 aromatic heterocycles. The molecule has 2 aromatic rings. The van der Waals surface area contributed by atoms with Gasteiger partial charge >= 0.3 is 0 Å². The van der Waals surface area contributed by atoms with Crippen molar-refractivity contribution in [2.75, 3.05) is 13.4 Å². The van der Waals surface area contributed by atoms with Gasteiger partial charge in [-0.15, -0.1) is 11.8 Å². The summed E-state index contributed by atoms with van der Waals surface area (Å²) < 4.78 is 19.9. The van der Waals surface area contributed by atoms with Crippen molar-refractivity contribution in [2.24, 2.45) is 4.99 Å². The Balaban J connectivity index is 2.64. The lowest BCUT2D eigenvalue weighted by molar-refractivity contribution is 0.335. The van der Waals surface area contributed by atoms with Gasteiger partial charge in [-0.3, -0.25) is 0 Å². The number of hydrogen-bond donors (Lipinski definition) is 0. The number of hydrogen-bond acceptors (Lipinski definition) is 5. The Morgan fingerprint density at radius 2 is 2.17 bits per heavy atom. The molecule has 1 atom stereocenters. The highest BCUT2D eigenvalue weighted by atomic mass is 32.2. The zero-order valence-corrected chi connectivity index (χ0v) is 15.0. The first-order chi connectivity index (χ1) is 11.2. The molecule has 0 fully saturated rings. The van der Waals surface area contributed by atoms with Gasteiger partial charge in [0.15, 0.2) is 5.82 Å². The number of aliphatic imine (C=N–C) groups is 1. The summed E-state index contributed by atoms with van der Waals surface area (Å²) in [6.07, 6.45) is 4.56. The molecule has 1 aromatic carbocycles. The fourth-order valence-corrected chi connectivity index (χ4v) is 4.13. The molecule has 0 saturated carbocycles. The van der Waals surface area contributed by atoms with Crippen LogP contribution in [0, 0.1) is 0 Å². The first kappa shape index (κ1) is 17.5. The number of aromatic nitrogens is 2. The van der Waals surface area contributed by atoms with Crippen LogP contribution in [0.1, 0.15) is 13.3 Å². The molecule has 0 bridgehead atoms. The summed E-state index contributed by atoms with van der Waals surface area (Å²) in [6, 6.07) is 9.25. The highest BCUT2D eigenvalue weighted by Gasteiger charge is 2.25. The number of ether oxygens (including phenoxy) is 1. The van der Waals surface area contributed by atoms with Crippen molar-refractivity contribution in [1.82, 2.24) is 9.78 Å². The third-order valence-electron chi connectivity index (χ3n) is 3.07. The van der Waals surface area contributed by atoms with Crippen molar-refractivity contribution in [1.29, 1.82) is 0 Å². The number of methoxy groups -OCH3 is 1. The quantitative estimate of drug-likeness (QED) is 0.431. The molecule has 0 aliphatic rings. The monoisotopic (exact) mass is 349 g/mol. The fourth-order valence-electron chi connectivity index (χ4n) is 2.06. The van der Waals surface area contributed by atoms with Gasteiger partial charge in [0.1, 0.15) is 9.92 Å². The summed E-state index contributed by atoms with van der Waals surface area (Å²) in [4.78, 5) is 5.31. The average Bonchev–Trinajstić information content (AvgIpc) is 2.98. The van der Waals surface area contributed by atoms with Gasteiger partial charge in [0.05, 0.1) is 17.9 Å². The Kier molecular flexibility index (Phi) is 6.18. The van der Waals surface area contributed by atoms with Gasteiger partial charge in [0.2, 0.25) is 5.88 Å². The van der Waals surface area contributed by atoms with Crippen LogP contribution in [0.2, 0.25) is 0 Å². The van der Waals surface area contributed by atoms with Crippen LogP contribution in [0.15, 0.2) is 56.2 Å². The second-order valence-corrected chi connectivity index (χ2v) is 6.68. The van der Waals surface area contributed by atoms with Crippen LogP contribution in [0.25, 0.3) is 5.88 Å². The molecule has 0 radical (unpaired) electrons. The van der Waals surface area contributed by atoms with Gasteiger partial charge in [0.25, 0.3) is 0 Å². The summed E-state index contributed by atoms with van der Waals surface area (Å²) in [5.74, 6) is 0.986. The van der Waals surface area contributed by atoms with Crippen LogP contribution >= 0.6 is 11.8 Å². The Bertz CT molecular complexity index is 739. The Hall–Kier alpha value is -1.86. The van der Waals surface area contributed by atoms with Crippen molar-refractivity contribution in [2.45, 2.75) is 28.2 Å². The zero-order valence-electron chi connectivity index (χ0n) is 13.4. The summed E-state index contributed by atoms with van der Waals surface area (Å²) in [7, 11) is 0.180. The topological polar surface area (TPSA) is 56.5 Å². The Labute approximate surface area is 142 Å². The van der Waals surface area contributed by atoms with Crippen molar-refractivity contribution < 1.29 is 8.95 Å². The number of thioether (sulfide) groups is 1. The molecule has 0 saturated heterocycles. The Morgan fingerprint density at radius 1 is 1.48 bits per heavy atom. The summed E-state index contributed by atoms with van der Waals surface area (Å²) in [6.45, 7) is 5.62. The second kappa shape index (κ2) is 8.12. The van der Waals surface area contributed by atoms with E-state index in [9.17, 15) is 4.21 Å². The molecule has 122 valence electrons. The molecule has 0 spiro atoms. The Morgan fingerprint density at radius 3 is 2.70 bits per heavy atom. The number of rotatable bonds is 7. The maximum Gasteiger partial charge on any atom is 0.212 e.